The summed E-state index contributed by atoms with van der Waals surface area (Å²) in [5.41, 5.74) is 1.49. The molecule has 1 aliphatic heterocycles. The van der Waals surface area contributed by atoms with Crippen molar-refractivity contribution in [2.75, 3.05) is 13.7 Å². The first-order valence-corrected chi connectivity index (χ1v) is 7.81. The summed E-state index contributed by atoms with van der Waals surface area (Å²) >= 11 is 0. The Hall–Kier alpha value is -2.66. The van der Waals surface area contributed by atoms with E-state index in [0.717, 1.165) is 11.1 Å². The van der Waals surface area contributed by atoms with E-state index >= 15 is 0 Å². The summed E-state index contributed by atoms with van der Waals surface area (Å²) in [7, 11) is 1.56. The van der Waals surface area contributed by atoms with Crippen molar-refractivity contribution in [1.82, 2.24) is 4.90 Å². The Morgan fingerprint density at radius 1 is 1.17 bits per heavy atom. The Morgan fingerprint density at radius 3 is 2.58 bits per heavy atom. The molecule has 2 atom stereocenters. The van der Waals surface area contributed by atoms with Crippen LogP contribution in [0.4, 0.5) is 0 Å². The molecule has 2 amide bonds. The predicted octanol–water partition coefficient (Wildman–Crippen LogP) is 2.27. The number of carbonyl (C=O) groups is 2. The molecule has 0 aliphatic carbocycles. The molecule has 2 aromatic carbocycles. The van der Waals surface area contributed by atoms with Gasteiger partial charge < -0.3 is 9.84 Å². The third kappa shape index (κ3) is 2.90. The van der Waals surface area contributed by atoms with Crippen molar-refractivity contribution in [1.29, 1.82) is 0 Å². The van der Waals surface area contributed by atoms with Gasteiger partial charge in [-0.15, -0.1) is 0 Å². The van der Waals surface area contributed by atoms with Crippen LogP contribution in [0.15, 0.2) is 54.6 Å². The molecule has 3 rings (SSSR count). The number of likely N-dealkylation sites (tertiary alicyclic amines) is 1. The number of nitrogens with zero attached hydrogens (tertiary/aromatic N) is 1. The minimum Gasteiger partial charge on any atom is -0.497 e. The highest BCUT2D eigenvalue weighted by Gasteiger charge is 2.43. The minimum absolute atomic E-state index is 0.106. The van der Waals surface area contributed by atoms with Crippen LogP contribution in [-0.4, -0.2) is 35.5 Å². The first kappa shape index (κ1) is 16.2. The van der Waals surface area contributed by atoms with Gasteiger partial charge in [-0.1, -0.05) is 42.5 Å². The second-order valence-electron chi connectivity index (χ2n) is 5.74. The van der Waals surface area contributed by atoms with Crippen LogP contribution in [0.5, 0.6) is 5.75 Å². The first-order chi connectivity index (χ1) is 11.7. The zero-order chi connectivity index (χ0) is 17.1. The van der Waals surface area contributed by atoms with Crippen molar-refractivity contribution in [3.63, 3.8) is 0 Å². The summed E-state index contributed by atoms with van der Waals surface area (Å²) in [6.07, 6.45) is 0.106. The van der Waals surface area contributed by atoms with Crippen molar-refractivity contribution in [3.8, 4) is 5.75 Å². The predicted molar refractivity (Wildman–Crippen MR) is 88.5 cm³/mol. The third-order valence-electron chi connectivity index (χ3n) is 4.35. The molecule has 1 aliphatic rings. The summed E-state index contributed by atoms with van der Waals surface area (Å²) in [5.74, 6) is -0.440. The summed E-state index contributed by atoms with van der Waals surface area (Å²) in [6, 6.07) is 15.6. The molecule has 1 heterocycles. The molecular formula is C19H19NO4. The van der Waals surface area contributed by atoms with Gasteiger partial charge in [0.05, 0.1) is 25.7 Å². The monoisotopic (exact) mass is 325 g/mol. The Morgan fingerprint density at radius 2 is 1.92 bits per heavy atom. The van der Waals surface area contributed by atoms with E-state index < -0.39 is 12.0 Å². The number of hydrogen-bond acceptors (Lipinski definition) is 4. The zero-order valence-corrected chi connectivity index (χ0v) is 13.4. The zero-order valence-electron chi connectivity index (χ0n) is 13.4. The lowest BCUT2D eigenvalue weighted by Crippen LogP contribution is -2.36. The number of aliphatic hydroxyl groups excluding tert-OH is 1. The summed E-state index contributed by atoms with van der Waals surface area (Å²) in [4.78, 5) is 26.5. The molecule has 0 saturated carbocycles. The van der Waals surface area contributed by atoms with Gasteiger partial charge in [-0.05, 0) is 23.3 Å². The number of aliphatic hydroxyl groups is 1. The maximum atomic E-state index is 12.8. The van der Waals surface area contributed by atoms with Crippen LogP contribution >= 0.6 is 0 Å². The van der Waals surface area contributed by atoms with Gasteiger partial charge in [-0.25, -0.2) is 0 Å². The SMILES string of the molecule is COc1cccc(C2CC(=O)N([C@H](CO)c3ccccc3)C2=O)c1. The summed E-state index contributed by atoms with van der Waals surface area (Å²) in [5, 5.41) is 9.75. The number of hydrogen-bond donors (Lipinski definition) is 1. The average molecular weight is 325 g/mol. The second kappa shape index (κ2) is 6.84. The van der Waals surface area contributed by atoms with E-state index in [9.17, 15) is 14.7 Å². The van der Waals surface area contributed by atoms with Gasteiger partial charge in [0.2, 0.25) is 11.8 Å². The number of rotatable bonds is 5. The Labute approximate surface area is 140 Å². The second-order valence-corrected chi connectivity index (χ2v) is 5.74. The normalized spacial score (nSPS) is 18.8. The van der Waals surface area contributed by atoms with Gasteiger partial charge in [0.25, 0.3) is 0 Å². The van der Waals surface area contributed by atoms with Crippen molar-refractivity contribution in [2.45, 2.75) is 18.4 Å². The van der Waals surface area contributed by atoms with Gasteiger partial charge >= 0.3 is 0 Å². The van der Waals surface area contributed by atoms with Crippen LogP contribution in [0.1, 0.15) is 29.5 Å². The molecule has 0 aromatic heterocycles. The van der Waals surface area contributed by atoms with Crippen molar-refractivity contribution >= 4 is 11.8 Å². The molecule has 0 bridgehead atoms. The van der Waals surface area contributed by atoms with E-state index in [2.05, 4.69) is 0 Å². The fourth-order valence-electron chi connectivity index (χ4n) is 3.11. The lowest BCUT2D eigenvalue weighted by atomic mass is 9.97. The number of benzene rings is 2. The standard InChI is InChI=1S/C19H19NO4/c1-24-15-9-5-8-14(10-15)16-11-18(22)20(19(16)23)17(12-21)13-6-3-2-4-7-13/h2-10,16-17,21H,11-12H2,1H3/t16?,17-/m1/s1. The molecule has 24 heavy (non-hydrogen) atoms. The molecule has 5 nitrogen and oxygen atoms in total. The van der Waals surface area contributed by atoms with Gasteiger partial charge in [-0.3, -0.25) is 14.5 Å². The maximum Gasteiger partial charge on any atom is 0.237 e. The van der Waals surface area contributed by atoms with E-state index in [4.69, 9.17) is 4.74 Å². The lowest BCUT2D eigenvalue weighted by Gasteiger charge is -2.25. The van der Waals surface area contributed by atoms with Crippen molar-refractivity contribution < 1.29 is 19.4 Å². The highest BCUT2D eigenvalue weighted by molar-refractivity contribution is 6.06. The van der Waals surface area contributed by atoms with E-state index in [-0.39, 0.29) is 24.8 Å². The molecule has 0 radical (unpaired) electrons. The van der Waals surface area contributed by atoms with Crippen LogP contribution in [0.3, 0.4) is 0 Å². The number of ether oxygens (including phenoxy) is 1. The number of amides is 2. The Balaban J connectivity index is 1.91. The van der Waals surface area contributed by atoms with Gasteiger partial charge in [0.15, 0.2) is 0 Å². The maximum absolute atomic E-state index is 12.8. The number of imide groups is 1. The van der Waals surface area contributed by atoms with Crippen LogP contribution in [0.2, 0.25) is 0 Å². The van der Waals surface area contributed by atoms with Crippen molar-refractivity contribution in [3.05, 3.63) is 65.7 Å². The van der Waals surface area contributed by atoms with E-state index in [0.29, 0.717) is 5.75 Å². The molecule has 1 unspecified atom stereocenters. The van der Waals surface area contributed by atoms with Gasteiger partial charge in [0.1, 0.15) is 5.75 Å². The van der Waals surface area contributed by atoms with Crippen LogP contribution in [-0.2, 0) is 9.59 Å². The van der Waals surface area contributed by atoms with Crippen molar-refractivity contribution in [2.24, 2.45) is 0 Å². The highest BCUT2D eigenvalue weighted by Crippen LogP contribution is 2.36. The van der Waals surface area contributed by atoms with Crippen LogP contribution < -0.4 is 4.74 Å². The molecule has 0 spiro atoms. The smallest absolute Gasteiger partial charge is 0.237 e. The fourth-order valence-corrected chi connectivity index (χ4v) is 3.11. The highest BCUT2D eigenvalue weighted by atomic mass is 16.5. The third-order valence-corrected chi connectivity index (χ3v) is 4.35. The quantitative estimate of drug-likeness (QED) is 0.857. The van der Waals surface area contributed by atoms with Gasteiger partial charge in [-0.2, -0.15) is 0 Å². The fraction of sp³-hybridized carbons (Fsp3) is 0.263. The first-order valence-electron chi connectivity index (χ1n) is 7.81. The topological polar surface area (TPSA) is 66.8 Å². The average Bonchev–Trinajstić information content (AvgIpc) is 2.92. The van der Waals surface area contributed by atoms with Crippen LogP contribution in [0, 0.1) is 0 Å². The largest absolute Gasteiger partial charge is 0.497 e. The van der Waals surface area contributed by atoms with Gasteiger partial charge in [0, 0.05) is 6.42 Å². The summed E-state index contributed by atoms with van der Waals surface area (Å²) in [6.45, 7) is -0.299. The molecule has 1 saturated heterocycles. The Bertz CT molecular complexity index is 744. The molecule has 1 N–H and O–H groups in total. The number of carbonyl (C=O) groups excluding carboxylic acids is 2. The molecular weight excluding hydrogens is 306 g/mol. The molecule has 2 aromatic rings. The van der Waals surface area contributed by atoms with Crippen LogP contribution in [0.25, 0.3) is 0 Å². The minimum atomic E-state index is -0.651. The number of methoxy groups -OCH3 is 1. The van der Waals surface area contributed by atoms with E-state index in [1.165, 1.54) is 4.90 Å². The molecule has 124 valence electrons. The van der Waals surface area contributed by atoms with E-state index in [1.807, 2.05) is 24.3 Å². The van der Waals surface area contributed by atoms with E-state index in [1.54, 1.807) is 37.4 Å². The molecule has 1 fully saturated rings. The lowest BCUT2D eigenvalue weighted by molar-refractivity contribution is -0.142. The Kier molecular flexibility index (Phi) is 4.62. The molecule has 5 heteroatoms. The summed E-state index contributed by atoms with van der Waals surface area (Å²) < 4.78 is 5.19.